The predicted molar refractivity (Wildman–Crippen MR) is 64.1 cm³/mol. The lowest BCUT2D eigenvalue weighted by Gasteiger charge is -2.07. The van der Waals surface area contributed by atoms with Crippen molar-refractivity contribution in [3.05, 3.63) is 29.3 Å². The molecule has 0 spiro atoms. The number of hydrogen-bond donors (Lipinski definition) is 1. The van der Waals surface area contributed by atoms with Crippen LogP contribution in [0.1, 0.15) is 17.5 Å². The first-order valence-electron chi connectivity index (χ1n) is 5.83. The predicted octanol–water partition coefficient (Wildman–Crippen LogP) is 0.583. The van der Waals surface area contributed by atoms with Crippen molar-refractivity contribution in [2.24, 2.45) is 5.73 Å². The summed E-state index contributed by atoms with van der Waals surface area (Å²) in [6.07, 6.45) is 3.33. The molecule has 96 valence electrons. The number of benzene rings is 1. The molecule has 1 aromatic carbocycles. The molecule has 1 amide bonds. The van der Waals surface area contributed by atoms with E-state index in [0.29, 0.717) is 5.75 Å². The lowest BCUT2D eigenvalue weighted by atomic mass is 10.1. The van der Waals surface area contributed by atoms with Gasteiger partial charge in [0.05, 0.1) is 0 Å². The van der Waals surface area contributed by atoms with E-state index in [1.54, 1.807) is 0 Å². The van der Waals surface area contributed by atoms with Crippen LogP contribution in [0.5, 0.6) is 5.75 Å². The number of carbonyl (C=O) groups is 2. The molecule has 0 fully saturated rings. The minimum Gasteiger partial charge on any atom is -0.482 e. The number of carbonyl (C=O) groups excluding carboxylic acids is 2. The van der Waals surface area contributed by atoms with Crippen LogP contribution in [0.3, 0.4) is 0 Å². The third kappa shape index (κ3) is 3.23. The Bertz CT molecular complexity index is 470. The van der Waals surface area contributed by atoms with E-state index in [0.717, 1.165) is 12.8 Å². The van der Waals surface area contributed by atoms with E-state index >= 15 is 0 Å². The number of esters is 1. The number of aryl methyl sites for hydroxylation is 2. The molecule has 0 unspecified atom stereocenters. The fraction of sp³-hybridized carbons (Fsp3) is 0.385. The SMILES string of the molecule is NC(=O)COC(=O)COc1ccc2c(c1)CCC2. The first-order valence-corrected chi connectivity index (χ1v) is 5.83. The molecule has 0 aliphatic heterocycles. The van der Waals surface area contributed by atoms with Crippen molar-refractivity contribution in [2.75, 3.05) is 13.2 Å². The van der Waals surface area contributed by atoms with Gasteiger partial charge in [-0.05, 0) is 42.5 Å². The number of hydrogen-bond acceptors (Lipinski definition) is 4. The lowest BCUT2D eigenvalue weighted by molar-refractivity contribution is -0.149. The molecule has 1 aromatic rings. The monoisotopic (exact) mass is 249 g/mol. The van der Waals surface area contributed by atoms with Crippen LogP contribution in [0.15, 0.2) is 18.2 Å². The Hall–Kier alpha value is -2.04. The van der Waals surface area contributed by atoms with Crippen molar-refractivity contribution in [3.63, 3.8) is 0 Å². The molecule has 0 saturated carbocycles. The summed E-state index contributed by atoms with van der Waals surface area (Å²) in [4.78, 5) is 21.6. The molecule has 1 aliphatic rings. The second-order valence-corrected chi connectivity index (χ2v) is 4.20. The van der Waals surface area contributed by atoms with Crippen molar-refractivity contribution in [3.8, 4) is 5.75 Å². The Kier molecular flexibility index (Phi) is 3.82. The van der Waals surface area contributed by atoms with Gasteiger partial charge in [0.2, 0.25) is 0 Å². The zero-order chi connectivity index (χ0) is 13.0. The Labute approximate surface area is 105 Å². The number of rotatable bonds is 5. The molecular formula is C13H15NO4. The highest BCUT2D eigenvalue weighted by Crippen LogP contribution is 2.25. The van der Waals surface area contributed by atoms with Crippen LogP contribution in [-0.4, -0.2) is 25.1 Å². The van der Waals surface area contributed by atoms with E-state index < -0.39 is 18.5 Å². The fourth-order valence-corrected chi connectivity index (χ4v) is 1.97. The molecule has 0 saturated heterocycles. The first-order chi connectivity index (χ1) is 8.65. The molecule has 0 bridgehead atoms. The maximum absolute atomic E-state index is 11.2. The van der Waals surface area contributed by atoms with Gasteiger partial charge in [0.15, 0.2) is 13.2 Å². The van der Waals surface area contributed by atoms with Gasteiger partial charge in [0.1, 0.15) is 5.75 Å². The van der Waals surface area contributed by atoms with Gasteiger partial charge >= 0.3 is 5.97 Å². The summed E-state index contributed by atoms with van der Waals surface area (Å²) in [5, 5.41) is 0. The van der Waals surface area contributed by atoms with Gasteiger partial charge in [0.25, 0.3) is 5.91 Å². The largest absolute Gasteiger partial charge is 0.482 e. The van der Waals surface area contributed by atoms with E-state index in [9.17, 15) is 9.59 Å². The third-order valence-corrected chi connectivity index (χ3v) is 2.80. The van der Waals surface area contributed by atoms with E-state index in [2.05, 4.69) is 4.74 Å². The summed E-state index contributed by atoms with van der Waals surface area (Å²) < 4.78 is 9.88. The average Bonchev–Trinajstić information content (AvgIpc) is 2.81. The molecule has 18 heavy (non-hydrogen) atoms. The Morgan fingerprint density at radius 1 is 1.17 bits per heavy atom. The molecule has 0 heterocycles. The topological polar surface area (TPSA) is 78.6 Å². The van der Waals surface area contributed by atoms with Crippen LogP contribution >= 0.6 is 0 Å². The fourth-order valence-electron chi connectivity index (χ4n) is 1.97. The number of ether oxygens (including phenoxy) is 2. The molecule has 2 N–H and O–H groups in total. The van der Waals surface area contributed by atoms with Crippen LogP contribution in [-0.2, 0) is 27.2 Å². The van der Waals surface area contributed by atoms with Gasteiger partial charge in [-0.15, -0.1) is 0 Å². The number of amides is 1. The molecule has 2 rings (SSSR count). The summed E-state index contributed by atoms with van der Waals surface area (Å²) in [5.41, 5.74) is 7.47. The van der Waals surface area contributed by atoms with Crippen molar-refractivity contribution in [1.82, 2.24) is 0 Å². The van der Waals surface area contributed by atoms with Gasteiger partial charge in [0, 0.05) is 0 Å². The Morgan fingerprint density at radius 3 is 2.72 bits per heavy atom. The number of nitrogens with two attached hydrogens (primary N) is 1. The van der Waals surface area contributed by atoms with Crippen LogP contribution in [0.25, 0.3) is 0 Å². The van der Waals surface area contributed by atoms with Crippen LogP contribution in [0.2, 0.25) is 0 Å². The van der Waals surface area contributed by atoms with Crippen molar-refractivity contribution in [2.45, 2.75) is 19.3 Å². The second-order valence-electron chi connectivity index (χ2n) is 4.20. The average molecular weight is 249 g/mol. The number of fused-ring (bicyclic) bond motifs is 1. The summed E-state index contributed by atoms with van der Waals surface area (Å²) in [6, 6.07) is 5.81. The van der Waals surface area contributed by atoms with Crippen LogP contribution in [0, 0.1) is 0 Å². The highest BCUT2D eigenvalue weighted by molar-refractivity contribution is 5.79. The molecule has 5 heteroatoms. The van der Waals surface area contributed by atoms with E-state index in [1.165, 1.54) is 17.5 Å². The summed E-state index contributed by atoms with van der Waals surface area (Å²) in [6.45, 7) is -0.627. The van der Waals surface area contributed by atoms with Crippen molar-refractivity contribution >= 4 is 11.9 Å². The summed E-state index contributed by atoms with van der Waals surface area (Å²) >= 11 is 0. The highest BCUT2D eigenvalue weighted by atomic mass is 16.6. The van der Waals surface area contributed by atoms with Crippen molar-refractivity contribution in [1.29, 1.82) is 0 Å². The summed E-state index contributed by atoms with van der Waals surface area (Å²) in [5.74, 6) is -0.637. The first kappa shape index (κ1) is 12.4. The quantitative estimate of drug-likeness (QED) is 0.774. The maximum atomic E-state index is 11.2. The molecule has 1 aliphatic carbocycles. The van der Waals surface area contributed by atoms with Crippen molar-refractivity contribution < 1.29 is 19.1 Å². The van der Waals surface area contributed by atoms with E-state index in [4.69, 9.17) is 10.5 Å². The molecule has 0 aromatic heterocycles. The molecule has 0 radical (unpaired) electrons. The highest BCUT2D eigenvalue weighted by Gasteiger charge is 2.12. The van der Waals surface area contributed by atoms with Gasteiger partial charge in [-0.2, -0.15) is 0 Å². The Morgan fingerprint density at radius 2 is 1.94 bits per heavy atom. The molecule has 5 nitrogen and oxygen atoms in total. The van der Waals surface area contributed by atoms with Gasteiger partial charge in [-0.1, -0.05) is 6.07 Å². The maximum Gasteiger partial charge on any atom is 0.344 e. The zero-order valence-electron chi connectivity index (χ0n) is 9.98. The number of primary amides is 1. The van der Waals surface area contributed by atoms with E-state index in [-0.39, 0.29) is 6.61 Å². The second kappa shape index (κ2) is 5.53. The lowest BCUT2D eigenvalue weighted by Crippen LogP contribution is -2.23. The normalized spacial score (nSPS) is 12.9. The Balaban J connectivity index is 1.83. The van der Waals surface area contributed by atoms with Crippen LogP contribution in [0.4, 0.5) is 0 Å². The minimum atomic E-state index is -0.680. The zero-order valence-corrected chi connectivity index (χ0v) is 9.98. The molecule has 0 atom stereocenters. The van der Waals surface area contributed by atoms with Gasteiger partial charge < -0.3 is 15.2 Å². The third-order valence-electron chi connectivity index (χ3n) is 2.80. The smallest absolute Gasteiger partial charge is 0.344 e. The van der Waals surface area contributed by atoms with Gasteiger partial charge in [-0.25, -0.2) is 4.79 Å². The minimum absolute atomic E-state index is 0.216. The molecular weight excluding hydrogens is 234 g/mol. The van der Waals surface area contributed by atoms with Crippen LogP contribution < -0.4 is 10.5 Å². The van der Waals surface area contributed by atoms with E-state index in [1.807, 2.05) is 18.2 Å². The summed E-state index contributed by atoms with van der Waals surface area (Å²) in [7, 11) is 0. The standard InChI is InChI=1S/C13H15NO4/c14-12(15)7-18-13(16)8-17-11-5-4-9-2-1-3-10(9)6-11/h4-6H,1-3,7-8H2,(H2,14,15). The van der Waals surface area contributed by atoms with Gasteiger partial charge in [-0.3, -0.25) is 4.79 Å².